The number of H-pyrrole nitrogens is 1. The summed E-state index contributed by atoms with van der Waals surface area (Å²) in [4.78, 5) is 14.0. The lowest BCUT2D eigenvalue weighted by molar-refractivity contribution is -0.142. The third-order valence-corrected chi connectivity index (χ3v) is 3.45. The first-order chi connectivity index (χ1) is 8.16. The van der Waals surface area contributed by atoms with Crippen molar-refractivity contribution in [2.24, 2.45) is 5.92 Å². The van der Waals surface area contributed by atoms with Gasteiger partial charge in [0.25, 0.3) is 0 Å². The fourth-order valence-electron chi connectivity index (χ4n) is 2.59. The number of rotatable bonds is 1. The third-order valence-electron chi connectivity index (χ3n) is 3.45. The molecule has 0 radical (unpaired) electrons. The number of carboxylic acid groups (broad SMARTS) is 1. The van der Waals surface area contributed by atoms with E-state index in [0.29, 0.717) is 12.1 Å². The number of aliphatic carboxylic acids is 1. The average molecular weight is 233 g/mol. The zero-order valence-corrected chi connectivity index (χ0v) is 9.11. The molecule has 1 aliphatic rings. The number of hydrogen-bond donors (Lipinski definition) is 2. The highest BCUT2D eigenvalue weighted by Gasteiger charge is 2.33. The minimum Gasteiger partial charge on any atom is -0.481 e. The van der Waals surface area contributed by atoms with E-state index in [1.165, 1.54) is 0 Å². The van der Waals surface area contributed by atoms with E-state index >= 15 is 0 Å². The Morgan fingerprint density at radius 2 is 2.18 bits per heavy atom. The van der Waals surface area contributed by atoms with E-state index in [-0.39, 0.29) is 6.42 Å². The second-order valence-electron chi connectivity index (χ2n) is 4.51. The highest BCUT2D eigenvalue weighted by atomic mass is 19.1. The van der Waals surface area contributed by atoms with Crippen LogP contribution in [0.25, 0.3) is 10.9 Å². The summed E-state index contributed by atoms with van der Waals surface area (Å²) < 4.78 is 13.9. The molecule has 17 heavy (non-hydrogen) atoms. The molecule has 2 atom stereocenters. The van der Waals surface area contributed by atoms with Gasteiger partial charge < -0.3 is 10.1 Å². The van der Waals surface area contributed by atoms with Crippen molar-refractivity contribution in [3.05, 3.63) is 35.5 Å². The Balaban J connectivity index is 2.16. The van der Waals surface area contributed by atoms with Crippen LogP contribution in [-0.2, 0) is 11.2 Å². The zero-order valence-electron chi connectivity index (χ0n) is 9.11. The number of carboxylic acids is 1. The summed E-state index contributed by atoms with van der Waals surface area (Å²) in [5.74, 6) is -1.53. The Kier molecular flexibility index (Phi) is 2.18. The van der Waals surface area contributed by atoms with Gasteiger partial charge in [0.05, 0.1) is 11.6 Å². The van der Waals surface area contributed by atoms with Crippen molar-refractivity contribution in [2.45, 2.75) is 19.0 Å². The highest BCUT2D eigenvalue weighted by Crippen LogP contribution is 2.39. The van der Waals surface area contributed by atoms with E-state index in [4.69, 9.17) is 5.11 Å². The fraction of sp³-hybridized carbons (Fsp3) is 0.308. The number of fused-ring (bicyclic) bond motifs is 3. The molecule has 2 aromatic rings. The van der Waals surface area contributed by atoms with Crippen LogP contribution in [-0.4, -0.2) is 16.1 Å². The molecule has 1 aromatic carbocycles. The maximum absolute atomic E-state index is 13.9. The first-order valence-electron chi connectivity index (χ1n) is 5.63. The number of hydrogen-bond acceptors (Lipinski definition) is 1. The monoisotopic (exact) mass is 233 g/mol. The Bertz CT molecular complexity index is 590. The second-order valence-corrected chi connectivity index (χ2v) is 4.51. The minimum atomic E-state index is -1.20. The van der Waals surface area contributed by atoms with Crippen LogP contribution in [0.5, 0.6) is 0 Å². The van der Waals surface area contributed by atoms with Gasteiger partial charge in [0.15, 0.2) is 0 Å². The summed E-state index contributed by atoms with van der Waals surface area (Å²) in [6.07, 6.45) is -0.725. The maximum atomic E-state index is 13.9. The Hall–Kier alpha value is -1.84. The van der Waals surface area contributed by atoms with Crippen molar-refractivity contribution in [2.75, 3.05) is 0 Å². The lowest BCUT2D eigenvalue weighted by Gasteiger charge is -2.21. The molecule has 0 saturated heterocycles. The van der Waals surface area contributed by atoms with Gasteiger partial charge in [-0.15, -0.1) is 0 Å². The van der Waals surface area contributed by atoms with E-state index < -0.39 is 18.1 Å². The first kappa shape index (κ1) is 10.3. The van der Waals surface area contributed by atoms with Crippen molar-refractivity contribution in [1.82, 2.24) is 4.98 Å². The van der Waals surface area contributed by atoms with Gasteiger partial charge in [-0.25, -0.2) is 4.39 Å². The average Bonchev–Trinajstić information content (AvgIpc) is 2.68. The van der Waals surface area contributed by atoms with Crippen molar-refractivity contribution in [3.63, 3.8) is 0 Å². The Morgan fingerprint density at radius 3 is 2.94 bits per heavy atom. The zero-order chi connectivity index (χ0) is 12.0. The molecule has 0 spiro atoms. The Labute approximate surface area is 97.3 Å². The molecular weight excluding hydrogens is 221 g/mol. The van der Waals surface area contributed by atoms with E-state index in [2.05, 4.69) is 4.98 Å². The molecule has 2 N–H and O–H groups in total. The van der Waals surface area contributed by atoms with Gasteiger partial charge >= 0.3 is 5.97 Å². The topological polar surface area (TPSA) is 53.1 Å². The number of nitrogens with one attached hydrogen (secondary N) is 1. The molecule has 3 nitrogen and oxygen atoms in total. The van der Waals surface area contributed by atoms with Crippen LogP contribution in [0, 0.1) is 5.92 Å². The summed E-state index contributed by atoms with van der Waals surface area (Å²) in [5.41, 5.74) is 2.27. The summed E-state index contributed by atoms with van der Waals surface area (Å²) in [6, 6.07) is 7.55. The van der Waals surface area contributed by atoms with Crippen LogP contribution >= 0.6 is 0 Å². The Morgan fingerprint density at radius 1 is 1.41 bits per heavy atom. The number of aromatic nitrogens is 1. The van der Waals surface area contributed by atoms with Crippen molar-refractivity contribution < 1.29 is 14.3 Å². The van der Waals surface area contributed by atoms with Crippen LogP contribution in [0.1, 0.15) is 23.8 Å². The summed E-state index contributed by atoms with van der Waals surface area (Å²) >= 11 is 0. The molecule has 1 aliphatic carbocycles. The second kappa shape index (κ2) is 3.58. The van der Waals surface area contributed by atoms with Gasteiger partial charge in [-0.1, -0.05) is 18.2 Å². The van der Waals surface area contributed by atoms with E-state index in [0.717, 1.165) is 16.5 Å². The van der Waals surface area contributed by atoms with Crippen LogP contribution in [0.15, 0.2) is 24.3 Å². The lowest BCUT2D eigenvalue weighted by Crippen LogP contribution is -2.23. The molecule has 1 aromatic heterocycles. The van der Waals surface area contributed by atoms with Crippen LogP contribution in [0.4, 0.5) is 4.39 Å². The smallest absolute Gasteiger partial charge is 0.306 e. The molecule has 0 aliphatic heterocycles. The van der Waals surface area contributed by atoms with Gasteiger partial charge in [0.2, 0.25) is 0 Å². The van der Waals surface area contributed by atoms with Gasteiger partial charge in [0, 0.05) is 10.9 Å². The summed E-state index contributed by atoms with van der Waals surface area (Å²) in [6.45, 7) is 0. The molecule has 3 rings (SSSR count). The van der Waals surface area contributed by atoms with E-state index in [9.17, 15) is 9.18 Å². The predicted octanol–water partition coefficient (Wildman–Crippen LogP) is 2.83. The summed E-state index contributed by atoms with van der Waals surface area (Å²) in [5, 5.41) is 9.96. The number of alkyl halides is 1. The minimum absolute atomic E-state index is 0.0646. The standard InChI is InChI=1S/C13H12FNO2/c14-10-6-7(13(16)17)5-9-8-3-1-2-4-11(8)15-12(9)10/h1-4,7,10,15H,5-6H2,(H,16,17). The largest absolute Gasteiger partial charge is 0.481 e. The number of aromatic amines is 1. The van der Waals surface area contributed by atoms with Gasteiger partial charge in [-0.2, -0.15) is 0 Å². The molecule has 1 heterocycles. The van der Waals surface area contributed by atoms with E-state index in [1.54, 1.807) is 0 Å². The number of carbonyl (C=O) groups is 1. The number of halogens is 1. The van der Waals surface area contributed by atoms with Crippen LogP contribution < -0.4 is 0 Å². The SMILES string of the molecule is O=C(O)C1Cc2c([nH]c3ccccc23)C(F)C1. The normalized spacial score (nSPS) is 23.6. The van der Waals surface area contributed by atoms with Gasteiger partial charge in [-0.05, 0) is 24.5 Å². The molecular formula is C13H12FNO2. The molecule has 0 fully saturated rings. The molecule has 0 amide bonds. The number of benzene rings is 1. The van der Waals surface area contributed by atoms with Crippen molar-refractivity contribution in [1.29, 1.82) is 0 Å². The first-order valence-corrected chi connectivity index (χ1v) is 5.63. The van der Waals surface area contributed by atoms with E-state index in [1.807, 2.05) is 24.3 Å². The lowest BCUT2D eigenvalue weighted by atomic mass is 9.85. The molecule has 88 valence electrons. The summed E-state index contributed by atoms with van der Waals surface area (Å²) in [7, 11) is 0. The molecule has 4 heteroatoms. The quantitative estimate of drug-likeness (QED) is 0.795. The predicted molar refractivity (Wildman–Crippen MR) is 61.6 cm³/mol. The number of para-hydroxylation sites is 1. The third kappa shape index (κ3) is 1.52. The maximum Gasteiger partial charge on any atom is 0.306 e. The van der Waals surface area contributed by atoms with Crippen LogP contribution in [0.3, 0.4) is 0 Å². The highest BCUT2D eigenvalue weighted by molar-refractivity contribution is 5.86. The van der Waals surface area contributed by atoms with Gasteiger partial charge in [0.1, 0.15) is 6.17 Å². The van der Waals surface area contributed by atoms with Crippen molar-refractivity contribution in [3.8, 4) is 0 Å². The van der Waals surface area contributed by atoms with Crippen LogP contribution in [0.2, 0.25) is 0 Å². The van der Waals surface area contributed by atoms with Gasteiger partial charge in [-0.3, -0.25) is 4.79 Å². The van der Waals surface area contributed by atoms with Crippen molar-refractivity contribution >= 4 is 16.9 Å². The fourth-order valence-corrected chi connectivity index (χ4v) is 2.59. The molecule has 2 unspecified atom stereocenters. The molecule has 0 saturated carbocycles. The molecule has 0 bridgehead atoms.